The van der Waals surface area contributed by atoms with Crippen LogP contribution in [0, 0.1) is 6.92 Å². The van der Waals surface area contributed by atoms with Crippen molar-refractivity contribution in [2.24, 2.45) is 0 Å². The molecule has 0 amide bonds. The smallest absolute Gasteiger partial charge is 0.138 e. The zero-order valence-electron chi connectivity index (χ0n) is 10.6. The van der Waals surface area contributed by atoms with E-state index in [-0.39, 0.29) is 0 Å². The van der Waals surface area contributed by atoms with Crippen molar-refractivity contribution < 1.29 is 0 Å². The SMILES string of the molecule is Cc1cc2c(NC3CCCCNC3)ncnc2s1. The Kier molecular flexibility index (Phi) is 3.43. The number of nitrogens with zero attached hydrogens (tertiary/aromatic N) is 2. The van der Waals surface area contributed by atoms with Crippen LogP contribution in [0.1, 0.15) is 24.1 Å². The van der Waals surface area contributed by atoms with Gasteiger partial charge in [0.25, 0.3) is 0 Å². The molecule has 1 aliphatic heterocycles. The van der Waals surface area contributed by atoms with Crippen molar-refractivity contribution in [1.82, 2.24) is 15.3 Å². The molecule has 0 bridgehead atoms. The molecule has 1 fully saturated rings. The van der Waals surface area contributed by atoms with Crippen molar-refractivity contribution in [2.45, 2.75) is 32.2 Å². The number of nitrogens with one attached hydrogen (secondary N) is 2. The Hall–Kier alpha value is -1.20. The lowest BCUT2D eigenvalue weighted by Crippen LogP contribution is -2.31. The molecular weight excluding hydrogens is 244 g/mol. The highest BCUT2D eigenvalue weighted by Crippen LogP contribution is 2.28. The largest absolute Gasteiger partial charge is 0.365 e. The molecule has 96 valence electrons. The Bertz CT molecular complexity index is 529. The van der Waals surface area contributed by atoms with Crippen molar-refractivity contribution in [3.8, 4) is 0 Å². The molecule has 1 unspecified atom stereocenters. The van der Waals surface area contributed by atoms with Crippen molar-refractivity contribution >= 4 is 27.4 Å². The van der Waals surface area contributed by atoms with Crippen LogP contribution in [0.4, 0.5) is 5.82 Å². The molecule has 0 aliphatic carbocycles. The van der Waals surface area contributed by atoms with Crippen LogP contribution in [0.5, 0.6) is 0 Å². The fourth-order valence-electron chi connectivity index (χ4n) is 2.43. The van der Waals surface area contributed by atoms with Crippen LogP contribution in [0.2, 0.25) is 0 Å². The molecule has 0 aromatic carbocycles. The first-order chi connectivity index (χ1) is 8.83. The summed E-state index contributed by atoms with van der Waals surface area (Å²) in [6.45, 7) is 4.27. The third-order valence-electron chi connectivity index (χ3n) is 3.34. The molecular formula is C13H18N4S. The summed E-state index contributed by atoms with van der Waals surface area (Å²) in [7, 11) is 0. The van der Waals surface area contributed by atoms with E-state index in [1.807, 2.05) is 0 Å². The lowest BCUT2D eigenvalue weighted by atomic mass is 10.1. The zero-order valence-corrected chi connectivity index (χ0v) is 11.4. The number of rotatable bonds is 2. The monoisotopic (exact) mass is 262 g/mol. The Morgan fingerprint density at radius 3 is 3.28 bits per heavy atom. The summed E-state index contributed by atoms with van der Waals surface area (Å²) in [4.78, 5) is 11.1. The molecule has 18 heavy (non-hydrogen) atoms. The summed E-state index contributed by atoms with van der Waals surface area (Å²) in [6.07, 6.45) is 5.42. The molecule has 2 aromatic rings. The highest BCUT2D eigenvalue weighted by atomic mass is 32.1. The average Bonchev–Trinajstić information content (AvgIpc) is 2.58. The maximum atomic E-state index is 4.40. The minimum Gasteiger partial charge on any atom is -0.365 e. The summed E-state index contributed by atoms with van der Waals surface area (Å²) < 4.78 is 0. The molecule has 1 saturated heterocycles. The number of thiophene rings is 1. The van der Waals surface area contributed by atoms with Gasteiger partial charge in [0.05, 0.1) is 5.39 Å². The number of hydrogen-bond donors (Lipinski definition) is 2. The maximum absolute atomic E-state index is 4.40. The molecule has 4 nitrogen and oxygen atoms in total. The molecule has 1 atom stereocenters. The van der Waals surface area contributed by atoms with Crippen LogP contribution in [0.3, 0.4) is 0 Å². The summed E-state index contributed by atoms with van der Waals surface area (Å²) in [5, 5.41) is 8.19. The van der Waals surface area contributed by atoms with Crippen molar-refractivity contribution in [3.05, 3.63) is 17.3 Å². The van der Waals surface area contributed by atoms with Gasteiger partial charge in [-0.3, -0.25) is 0 Å². The number of fused-ring (bicyclic) bond motifs is 1. The van der Waals surface area contributed by atoms with E-state index < -0.39 is 0 Å². The van der Waals surface area contributed by atoms with E-state index in [1.165, 1.54) is 24.1 Å². The summed E-state index contributed by atoms with van der Waals surface area (Å²) in [5.74, 6) is 0.984. The second kappa shape index (κ2) is 5.20. The predicted octanol–water partition coefficient (Wildman–Crippen LogP) is 2.55. The molecule has 3 heterocycles. The highest BCUT2D eigenvalue weighted by molar-refractivity contribution is 7.18. The number of anilines is 1. The van der Waals surface area contributed by atoms with Crippen molar-refractivity contribution in [3.63, 3.8) is 0 Å². The summed E-state index contributed by atoms with van der Waals surface area (Å²) in [6, 6.07) is 2.65. The zero-order chi connectivity index (χ0) is 12.4. The first-order valence-corrected chi connectivity index (χ1v) is 7.33. The van der Waals surface area contributed by atoms with Gasteiger partial charge in [-0.25, -0.2) is 9.97 Å². The van der Waals surface area contributed by atoms with Crippen LogP contribution in [-0.2, 0) is 0 Å². The van der Waals surface area contributed by atoms with Gasteiger partial charge in [0.1, 0.15) is 17.0 Å². The van der Waals surface area contributed by atoms with E-state index in [1.54, 1.807) is 17.7 Å². The van der Waals surface area contributed by atoms with Crippen LogP contribution in [0.25, 0.3) is 10.2 Å². The minimum atomic E-state index is 0.478. The van der Waals surface area contributed by atoms with Crippen LogP contribution in [0.15, 0.2) is 12.4 Å². The van der Waals surface area contributed by atoms with E-state index in [0.717, 1.165) is 29.1 Å². The summed E-state index contributed by atoms with van der Waals surface area (Å²) in [5.41, 5.74) is 0. The third kappa shape index (κ3) is 2.47. The quantitative estimate of drug-likeness (QED) is 0.873. The van der Waals surface area contributed by atoms with Crippen molar-refractivity contribution in [2.75, 3.05) is 18.4 Å². The normalized spacial score (nSPS) is 20.8. The van der Waals surface area contributed by atoms with Crippen LogP contribution >= 0.6 is 11.3 Å². The topological polar surface area (TPSA) is 49.8 Å². The van der Waals surface area contributed by atoms with Crippen molar-refractivity contribution in [1.29, 1.82) is 0 Å². The standard InChI is InChI=1S/C13H18N4S/c1-9-6-11-12(15-8-16-13(11)18-9)17-10-4-2-3-5-14-7-10/h6,8,10,14H,2-5,7H2,1H3,(H,15,16,17). The van der Waals surface area contributed by atoms with E-state index in [4.69, 9.17) is 0 Å². The van der Waals surface area contributed by atoms with Gasteiger partial charge in [-0.15, -0.1) is 11.3 Å². The fourth-order valence-corrected chi connectivity index (χ4v) is 3.27. The Morgan fingerprint density at radius 2 is 2.33 bits per heavy atom. The lowest BCUT2D eigenvalue weighted by Gasteiger charge is -2.17. The summed E-state index contributed by atoms with van der Waals surface area (Å²) >= 11 is 1.73. The van der Waals surface area contributed by atoms with Gasteiger partial charge in [-0.05, 0) is 32.4 Å². The van der Waals surface area contributed by atoms with Gasteiger partial charge in [-0.2, -0.15) is 0 Å². The van der Waals surface area contributed by atoms with Gasteiger partial charge in [0.15, 0.2) is 0 Å². The lowest BCUT2D eigenvalue weighted by molar-refractivity contribution is 0.634. The van der Waals surface area contributed by atoms with Gasteiger partial charge in [-0.1, -0.05) is 6.42 Å². The Morgan fingerprint density at radius 1 is 1.39 bits per heavy atom. The molecule has 5 heteroatoms. The van der Waals surface area contributed by atoms with Gasteiger partial charge < -0.3 is 10.6 Å². The van der Waals surface area contributed by atoms with Crippen LogP contribution in [-0.4, -0.2) is 29.1 Å². The average molecular weight is 262 g/mol. The van der Waals surface area contributed by atoms with E-state index in [2.05, 4.69) is 33.6 Å². The third-order valence-corrected chi connectivity index (χ3v) is 4.30. The maximum Gasteiger partial charge on any atom is 0.138 e. The van der Waals surface area contributed by atoms with Crippen LogP contribution < -0.4 is 10.6 Å². The number of aryl methyl sites for hydroxylation is 1. The molecule has 3 rings (SSSR count). The van der Waals surface area contributed by atoms with E-state index in [9.17, 15) is 0 Å². The molecule has 0 radical (unpaired) electrons. The highest BCUT2D eigenvalue weighted by Gasteiger charge is 2.14. The second-order valence-corrected chi connectivity index (χ2v) is 6.07. The second-order valence-electron chi connectivity index (χ2n) is 4.84. The molecule has 0 spiro atoms. The predicted molar refractivity (Wildman–Crippen MR) is 76.3 cm³/mol. The molecule has 0 saturated carbocycles. The minimum absolute atomic E-state index is 0.478. The fraction of sp³-hybridized carbons (Fsp3) is 0.538. The first kappa shape index (κ1) is 11.9. The number of hydrogen-bond acceptors (Lipinski definition) is 5. The Balaban J connectivity index is 1.84. The van der Waals surface area contributed by atoms with Gasteiger partial charge in [0, 0.05) is 17.5 Å². The van der Waals surface area contributed by atoms with E-state index >= 15 is 0 Å². The molecule has 2 N–H and O–H groups in total. The molecule has 2 aromatic heterocycles. The van der Waals surface area contributed by atoms with Gasteiger partial charge in [0.2, 0.25) is 0 Å². The van der Waals surface area contributed by atoms with Gasteiger partial charge >= 0.3 is 0 Å². The first-order valence-electron chi connectivity index (χ1n) is 6.51. The number of aromatic nitrogens is 2. The molecule has 1 aliphatic rings. The van der Waals surface area contributed by atoms with E-state index in [0.29, 0.717) is 6.04 Å². The Labute approximate surface area is 111 Å².